The Kier molecular flexibility index (Phi) is 5.77. The second-order valence-electron chi connectivity index (χ2n) is 7.00. The second kappa shape index (κ2) is 8.45. The predicted molar refractivity (Wildman–Crippen MR) is 114 cm³/mol. The van der Waals surface area contributed by atoms with Gasteiger partial charge in [0.25, 0.3) is 5.56 Å². The van der Waals surface area contributed by atoms with Crippen LogP contribution in [0.3, 0.4) is 0 Å². The number of nitrogens with one attached hydrogen (secondary N) is 1. The summed E-state index contributed by atoms with van der Waals surface area (Å²) in [7, 11) is 1.80. The molecule has 1 amide bonds. The van der Waals surface area contributed by atoms with Crippen LogP contribution in [0.15, 0.2) is 29.3 Å². The molecule has 0 aliphatic heterocycles. The summed E-state index contributed by atoms with van der Waals surface area (Å²) in [6.07, 6.45) is 7.82. The third-order valence-corrected chi connectivity index (χ3v) is 7.05. The van der Waals surface area contributed by atoms with Crippen LogP contribution in [-0.4, -0.2) is 38.6 Å². The van der Waals surface area contributed by atoms with Crippen LogP contribution in [0.25, 0.3) is 10.2 Å². The van der Waals surface area contributed by atoms with Gasteiger partial charge in [0.15, 0.2) is 0 Å². The number of carbonyl (C=O) groups is 1. The topological polar surface area (TPSA) is 79.0 Å². The Hall–Kier alpha value is -2.19. The van der Waals surface area contributed by atoms with Crippen molar-refractivity contribution >= 4 is 39.2 Å². The van der Waals surface area contributed by atoms with E-state index in [9.17, 15) is 9.59 Å². The predicted octanol–water partition coefficient (Wildman–Crippen LogP) is 3.15. The molecule has 0 unspecified atom stereocenters. The summed E-state index contributed by atoms with van der Waals surface area (Å²) in [6, 6.07) is 3.81. The average molecular weight is 415 g/mol. The van der Waals surface area contributed by atoms with Crippen LogP contribution in [0.5, 0.6) is 0 Å². The molecule has 4 rings (SSSR count). The first-order valence-electron chi connectivity index (χ1n) is 9.36. The smallest absolute Gasteiger partial charge is 0.259 e. The highest BCUT2D eigenvalue weighted by molar-refractivity contribution is 7.99. The fourth-order valence-corrected chi connectivity index (χ4v) is 5.58. The van der Waals surface area contributed by atoms with Crippen LogP contribution < -0.4 is 5.56 Å². The molecular weight excluding hydrogens is 392 g/mol. The first kappa shape index (κ1) is 19.1. The Morgan fingerprint density at radius 2 is 2.07 bits per heavy atom. The minimum absolute atomic E-state index is 0.0406. The Balaban J connectivity index is 1.37. The third-order valence-electron chi connectivity index (χ3n) is 4.93. The van der Waals surface area contributed by atoms with Crippen LogP contribution in [-0.2, 0) is 29.9 Å². The van der Waals surface area contributed by atoms with Crippen molar-refractivity contribution in [2.24, 2.45) is 0 Å². The number of H-pyrrole nitrogens is 1. The highest BCUT2D eigenvalue weighted by Crippen LogP contribution is 2.33. The van der Waals surface area contributed by atoms with E-state index in [0.29, 0.717) is 23.9 Å². The summed E-state index contributed by atoms with van der Waals surface area (Å²) in [5, 5.41) is 0.779. The lowest BCUT2D eigenvalue weighted by Gasteiger charge is -2.16. The molecule has 3 heterocycles. The number of rotatable bonds is 6. The zero-order chi connectivity index (χ0) is 19.5. The van der Waals surface area contributed by atoms with E-state index in [1.54, 1.807) is 35.7 Å². The van der Waals surface area contributed by atoms with Crippen molar-refractivity contribution in [2.45, 2.75) is 38.0 Å². The van der Waals surface area contributed by atoms with E-state index in [2.05, 4.69) is 15.0 Å². The van der Waals surface area contributed by atoms with E-state index < -0.39 is 0 Å². The van der Waals surface area contributed by atoms with E-state index in [1.807, 2.05) is 12.1 Å². The summed E-state index contributed by atoms with van der Waals surface area (Å²) >= 11 is 3.13. The molecule has 3 aromatic heterocycles. The standard InChI is InChI=1S/C20H22N4O2S2/c1-24(10-13-6-8-21-9-7-13)17(25)12-27-11-16-22-19(26)18-14-4-2-3-5-15(14)28-20(18)23-16/h6-9H,2-5,10-12H2,1H3,(H,22,23,26). The van der Waals surface area contributed by atoms with Gasteiger partial charge in [0.05, 0.1) is 16.9 Å². The van der Waals surface area contributed by atoms with Crippen molar-refractivity contribution in [2.75, 3.05) is 12.8 Å². The summed E-state index contributed by atoms with van der Waals surface area (Å²) in [4.78, 5) is 40.3. The molecule has 1 aliphatic rings. The first-order valence-corrected chi connectivity index (χ1v) is 11.3. The average Bonchev–Trinajstić information content (AvgIpc) is 3.07. The third kappa shape index (κ3) is 4.12. The first-order chi connectivity index (χ1) is 13.6. The molecule has 1 aliphatic carbocycles. The van der Waals surface area contributed by atoms with Crippen molar-refractivity contribution in [1.29, 1.82) is 0 Å². The van der Waals surface area contributed by atoms with Crippen molar-refractivity contribution in [3.05, 3.63) is 56.7 Å². The van der Waals surface area contributed by atoms with Crippen molar-refractivity contribution in [3.8, 4) is 0 Å². The van der Waals surface area contributed by atoms with E-state index in [1.165, 1.54) is 28.6 Å². The van der Waals surface area contributed by atoms with Crippen molar-refractivity contribution < 1.29 is 4.79 Å². The molecule has 1 N–H and O–H groups in total. The maximum absolute atomic E-state index is 12.6. The number of nitrogens with zero attached hydrogens (tertiary/aromatic N) is 3. The van der Waals surface area contributed by atoms with Crippen LogP contribution in [0.1, 0.15) is 34.7 Å². The number of aromatic nitrogens is 3. The van der Waals surface area contributed by atoms with Crippen molar-refractivity contribution in [3.63, 3.8) is 0 Å². The Labute approximate surface area is 171 Å². The molecule has 0 spiro atoms. The lowest BCUT2D eigenvalue weighted by Crippen LogP contribution is -2.27. The SMILES string of the molecule is CN(Cc1ccncc1)C(=O)CSCc1nc2sc3c(c2c(=O)[nH]1)CCCC3. The number of amides is 1. The van der Waals surface area contributed by atoms with E-state index in [4.69, 9.17) is 0 Å². The zero-order valence-corrected chi connectivity index (χ0v) is 17.4. The molecular formula is C20H22N4O2S2. The van der Waals surface area contributed by atoms with Gasteiger partial charge in [-0.15, -0.1) is 23.1 Å². The number of hydrogen-bond donors (Lipinski definition) is 1. The molecule has 0 radical (unpaired) electrons. The number of thioether (sulfide) groups is 1. The summed E-state index contributed by atoms with van der Waals surface area (Å²) in [5.74, 6) is 1.56. The van der Waals surface area contributed by atoms with Crippen LogP contribution >= 0.6 is 23.1 Å². The van der Waals surface area contributed by atoms with Crippen LogP contribution in [0, 0.1) is 0 Å². The van der Waals surface area contributed by atoms with E-state index in [-0.39, 0.29) is 11.5 Å². The van der Waals surface area contributed by atoms with Gasteiger partial charge in [-0.05, 0) is 48.9 Å². The number of pyridine rings is 1. The number of hydrogen-bond acceptors (Lipinski definition) is 6. The normalized spacial score (nSPS) is 13.5. The minimum atomic E-state index is -0.0406. The number of carbonyl (C=O) groups excluding carboxylic acids is 1. The van der Waals surface area contributed by atoms with Gasteiger partial charge >= 0.3 is 0 Å². The molecule has 0 atom stereocenters. The summed E-state index contributed by atoms with van der Waals surface area (Å²) in [6.45, 7) is 0.559. The van der Waals surface area contributed by atoms with Gasteiger partial charge in [0.1, 0.15) is 10.7 Å². The van der Waals surface area contributed by atoms with Gasteiger partial charge in [-0.3, -0.25) is 14.6 Å². The molecule has 146 valence electrons. The molecule has 8 heteroatoms. The Bertz CT molecular complexity index is 1050. The van der Waals surface area contributed by atoms with Gasteiger partial charge in [0, 0.05) is 30.9 Å². The molecule has 0 saturated carbocycles. The fraction of sp³-hybridized carbons (Fsp3) is 0.400. The second-order valence-corrected chi connectivity index (χ2v) is 9.07. The largest absolute Gasteiger partial charge is 0.341 e. The Morgan fingerprint density at radius 1 is 1.29 bits per heavy atom. The summed E-state index contributed by atoms with van der Waals surface area (Å²) < 4.78 is 0. The van der Waals surface area contributed by atoms with Gasteiger partial charge in [0.2, 0.25) is 5.91 Å². The molecule has 6 nitrogen and oxygen atoms in total. The minimum Gasteiger partial charge on any atom is -0.341 e. The summed E-state index contributed by atoms with van der Waals surface area (Å²) in [5.41, 5.74) is 2.21. The van der Waals surface area contributed by atoms with E-state index in [0.717, 1.165) is 35.0 Å². The Morgan fingerprint density at radius 3 is 2.89 bits per heavy atom. The number of fused-ring (bicyclic) bond motifs is 3. The highest BCUT2D eigenvalue weighted by Gasteiger charge is 2.20. The van der Waals surface area contributed by atoms with Crippen molar-refractivity contribution in [1.82, 2.24) is 19.9 Å². The quantitative estimate of drug-likeness (QED) is 0.670. The van der Waals surface area contributed by atoms with Crippen LogP contribution in [0.2, 0.25) is 0 Å². The van der Waals surface area contributed by atoms with Gasteiger partial charge in [-0.1, -0.05) is 0 Å². The fourth-order valence-electron chi connectivity index (χ4n) is 3.47. The van der Waals surface area contributed by atoms with E-state index >= 15 is 0 Å². The maximum Gasteiger partial charge on any atom is 0.259 e. The van der Waals surface area contributed by atoms with Crippen LogP contribution in [0.4, 0.5) is 0 Å². The number of aromatic amines is 1. The molecule has 0 aromatic carbocycles. The number of aryl methyl sites for hydroxylation is 2. The monoisotopic (exact) mass is 414 g/mol. The lowest BCUT2D eigenvalue weighted by molar-refractivity contribution is -0.127. The molecule has 0 bridgehead atoms. The molecule has 0 saturated heterocycles. The lowest BCUT2D eigenvalue weighted by atomic mass is 9.97. The molecule has 3 aromatic rings. The molecule has 28 heavy (non-hydrogen) atoms. The van der Waals surface area contributed by atoms with Gasteiger partial charge < -0.3 is 9.88 Å². The molecule has 0 fully saturated rings. The van der Waals surface area contributed by atoms with Gasteiger partial charge in [-0.25, -0.2) is 4.98 Å². The van der Waals surface area contributed by atoms with Gasteiger partial charge in [-0.2, -0.15) is 0 Å². The maximum atomic E-state index is 12.6. The zero-order valence-electron chi connectivity index (χ0n) is 15.7. The highest BCUT2D eigenvalue weighted by atomic mass is 32.2. The number of thiophene rings is 1.